The molecule has 0 aromatic heterocycles. The molecule has 1 heterocycles. The number of hydrazine groups is 1. The highest BCUT2D eigenvalue weighted by atomic mass is 16.6. The van der Waals surface area contributed by atoms with Gasteiger partial charge in [-0.05, 0) is 32.8 Å². The van der Waals surface area contributed by atoms with Crippen molar-refractivity contribution in [3.05, 3.63) is 35.9 Å². The third-order valence-electron chi connectivity index (χ3n) is 3.44. The Morgan fingerprint density at radius 2 is 2.00 bits per heavy atom. The standard InChI is InChI=1S/C17H24N2O3/c1-17(2,3)22-15(20)11-14-12-18-19(16(14)21)10-9-13-7-5-4-6-8-13/h4-8,14,18H,9-12H2,1-3H3. The van der Waals surface area contributed by atoms with Crippen molar-refractivity contribution in [1.82, 2.24) is 10.4 Å². The summed E-state index contributed by atoms with van der Waals surface area (Å²) in [5, 5.41) is 1.61. The van der Waals surface area contributed by atoms with Crippen LogP contribution >= 0.6 is 0 Å². The molecule has 1 saturated heterocycles. The fourth-order valence-corrected chi connectivity index (χ4v) is 2.42. The van der Waals surface area contributed by atoms with Gasteiger partial charge in [0.15, 0.2) is 0 Å². The quantitative estimate of drug-likeness (QED) is 0.844. The average Bonchev–Trinajstić information content (AvgIpc) is 2.77. The van der Waals surface area contributed by atoms with Crippen molar-refractivity contribution in [3.63, 3.8) is 0 Å². The second-order valence-corrected chi connectivity index (χ2v) is 6.58. The zero-order valence-electron chi connectivity index (χ0n) is 13.5. The van der Waals surface area contributed by atoms with Crippen LogP contribution in [0.5, 0.6) is 0 Å². The van der Waals surface area contributed by atoms with Crippen molar-refractivity contribution in [1.29, 1.82) is 0 Å². The van der Waals surface area contributed by atoms with E-state index in [0.29, 0.717) is 13.1 Å². The molecule has 1 amide bonds. The number of hydrogen-bond acceptors (Lipinski definition) is 4. The largest absolute Gasteiger partial charge is 0.460 e. The van der Waals surface area contributed by atoms with Gasteiger partial charge in [-0.2, -0.15) is 0 Å². The van der Waals surface area contributed by atoms with E-state index in [1.807, 2.05) is 51.1 Å². The van der Waals surface area contributed by atoms with Crippen LogP contribution in [-0.2, 0) is 20.7 Å². The third kappa shape index (κ3) is 4.84. The molecule has 0 radical (unpaired) electrons. The molecule has 0 spiro atoms. The Labute approximate surface area is 131 Å². The lowest BCUT2D eigenvalue weighted by atomic mass is 10.1. The fourth-order valence-electron chi connectivity index (χ4n) is 2.42. The second kappa shape index (κ2) is 6.92. The van der Waals surface area contributed by atoms with E-state index in [2.05, 4.69) is 5.43 Å². The SMILES string of the molecule is CC(C)(C)OC(=O)CC1CNN(CCc2ccccc2)C1=O. The maximum Gasteiger partial charge on any atom is 0.307 e. The molecule has 2 rings (SSSR count). The van der Waals surface area contributed by atoms with Crippen molar-refractivity contribution in [2.75, 3.05) is 13.1 Å². The Morgan fingerprint density at radius 1 is 1.32 bits per heavy atom. The van der Waals surface area contributed by atoms with E-state index in [0.717, 1.165) is 6.42 Å². The van der Waals surface area contributed by atoms with Crippen molar-refractivity contribution in [3.8, 4) is 0 Å². The van der Waals surface area contributed by atoms with E-state index in [9.17, 15) is 9.59 Å². The summed E-state index contributed by atoms with van der Waals surface area (Å²) < 4.78 is 5.28. The first-order valence-electron chi connectivity index (χ1n) is 7.66. The van der Waals surface area contributed by atoms with Crippen LogP contribution in [0.2, 0.25) is 0 Å². The van der Waals surface area contributed by atoms with Gasteiger partial charge in [-0.15, -0.1) is 0 Å². The van der Waals surface area contributed by atoms with Crippen molar-refractivity contribution in [2.24, 2.45) is 5.92 Å². The normalized spacial score (nSPS) is 18.6. The van der Waals surface area contributed by atoms with Crippen LogP contribution in [0.4, 0.5) is 0 Å². The van der Waals surface area contributed by atoms with Gasteiger partial charge in [0.05, 0.1) is 12.3 Å². The molecule has 5 heteroatoms. The number of esters is 1. The zero-order valence-corrected chi connectivity index (χ0v) is 13.5. The maximum absolute atomic E-state index is 12.3. The highest BCUT2D eigenvalue weighted by Gasteiger charge is 2.34. The maximum atomic E-state index is 12.3. The lowest BCUT2D eigenvalue weighted by Crippen LogP contribution is -2.36. The number of carbonyl (C=O) groups is 2. The molecule has 1 fully saturated rings. The van der Waals surface area contributed by atoms with Crippen LogP contribution in [-0.4, -0.2) is 35.6 Å². The molecular weight excluding hydrogens is 280 g/mol. The first kappa shape index (κ1) is 16.5. The highest BCUT2D eigenvalue weighted by molar-refractivity contribution is 5.85. The van der Waals surface area contributed by atoms with Gasteiger partial charge in [0.2, 0.25) is 5.91 Å². The van der Waals surface area contributed by atoms with Crippen LogP contribution < -0.4 is 5.43 Å². The van der Waals surface area contributed by atoms with E-state index < -0.39 is 5.60 Å². The smallest absolute Gasteiger partial charge is 0.307 e. The summed E-state index contributed by atoms with van der Waals surface area (Å²) in [6.07, 6.45) is 0.920. The number of nitrogens with zero attached hydrogens (tertiary/aromatic N) is 1. The number of nitrogens with one attached hydrogen (secondary N) is 1. The van der Waals surface area contributed by atoms with Crippen LogP contribution in [0.3, 0.4) is 0 Å². The van der Waals surface area contributed by atoms with Gasteiger partial charge < -0.3 is 4.74 Å². The number of benzene rings is 1. The summed E-state index contributed by atoms with van der Waals surface area (Å²) in [7, 11) is 0. The molecule has 0 aliphatic carbocycles. The predicted octanol–water partition coefficient (Wildman–Crippen LogP) is 1.92. The van der Waals surface area contributed by atoms with Gasteiger partial charge in [0, 0.05) is 13.1 Å². The Kier molecular flexibility index (Phi) is 5.19. The number of amides is 1. The number of rotatable bonds is 5. The minimum absolute atomic E-state index is 0.0261. The summed E-state index contributed by atoms with van der Waals surface area (Å²) in [6.45, 7) is 6.57. The summed E-state index contributed by atoms with van der Waals surface area (Å²) in [5.74, 6) is -0.676. The molecule has 1 aliphatic heterocycles. The molecule has 0 saturated carbocycles. The lowest BCUT2D eigenvalue weighted by molar-refractivity contribution is -0.157. The minimum Gasteiger partial charge on any atom is -0.460 e. The molecule has 0 bridgehead atoms. The molecule has 1 aromatic carbocycles. The summed E-state index contributed by atoms with van der Waals surface area (Å²) >= 11 is 0. The molecular formula is C17H24N2O3. The zero-order chi connectivity index (χ0) is 16.2. The molecule has 120 valence electrons. The highest BCUT2D eigenvalue weighted by Crippen LogP contribution is 2.17. The molecule has 1 atom stereocenters. The average molecular weight is 304 g/mol. The third-order valence-corrected chi connectivity index (χ3v) is 3.44. The summed E-state index contributed by atoms with van der Waals surface area (Å²) in [6, 6.07) is 10.0. The molecule has 1 aromatic rings. The van der Waals surface area contributed by atoms with E-state index in [1.54, 1.807) is 5.01 Å². The van der Waals surface area contributed by atoms with Gasteiger partial charge in [-0.25, -0.2) is 5.43 Å². The van der Waals surface area contributed by atoms with Gasteiger partial charge in [0.1, 0.15) is 5.60 Å². The van der Waals surface area contributed by atoms with Crippen LogP contribution in [0.1, 0.15) is 32.8 Å². The molecule has 1 N–H and O–H groups in total. The van der Waals surface area contributed by atoms with Gasteiger partial charge in [0.25, 0.3) is 0 Å². The molecule has 1 unspecified atom stereocenters. The Balaban J connectivity index is 1.81. The Hall–Kier alpha value is -1.88. The molecule has 5 nitrogen and oxygen atoms in total. The first-order valence-corrected chi connectivity index (χ1v) is 7.66. The van der Waals surface area contributed by atoms with E-state index in [1.165, 1.54) is 5.56 Å². The first-order chi connectivity index (χ1) is 10.3. The van der Waals surface area contributed by atoms with Crippen molar-refractivity contribution < 1.29 is 14.3 Å². The van der Waals surface area contributed by atoms with E-state index in [4.69, 9.17) is 4.74 Å². The van der Waals surface area contributed by atoms with Gasteiger partial charge in [-0.1, -0.05) is 30.3 Å². The van der Waals surface area contributed by atoms with Crippen LogP contribution in [0, 0.1) is 5.92 Å². The molecule has 1 aliphatic rings. The second-order valence-electron chi connectivity index (χ2n) is 6.58. The summed E-state index contributed by atoms with van der Waals surface area (Å²) in [4.78, 5) is 24.1. The van der Waals surface area contributed by atoms with Crippen LogP contribution in [0.25, 0.3) is 0 Å². The topological polar surface area (TPSA) is 58.6 Å². The number of carbonyl (C=O) groups excluding carboxylic acids is 2. The van der Waals surface area contributed by atoms with E-state index >= 15 is 0 Å². The number of hydrogen-bond donors (Lipinski definition) is 1. The van der Waals surface area contributed by atoms with E-state index in [-0.39, 0.29) is 24.2 Å². The fraction of sp³-hybridized carbons (Fsp3) is 0.529. The molecule has 22 heavy (non-hydrogen) atoms. The van der Waals surface area contributed by atoms with Gasteiger partial charge >= 0.3 is 5.97 Å². The number of ether oxygens (including phenoxy) is 1. The van der Waals surface area contributed by atoms with Gasteiger partial charge in [-0.3, -0.25) is 14.6 Å². The predicted molar refractivity (Wildman–Crippen MR) is 83.8 cm³/mol. The van der Waals surface area contributed by atoms with Crippen molar-refractivity contribution >= 4 is 11.9 Å². The lowest BCUT2D eigenvalue weighted by Gasteiger charge is -2.20. The summed E-state index contributed by atoms with van der Waals surface area (Å²) in [5.41, 5.74) is 3.74. The van der Waals surface area contributed by atoms with Crippen molar-refractivity contribution in [2.45, 2.75) is 39.2 Å². The van der Waals surface area contributed by atoms with Crippen LogP contribution in [0.15, 0.2) is 30.3 Å². The monoisotopic (exact) mass is 304 g/mol. The minimum atomic E-state index is -0.515. The Bertz CT molecular complexity index is 522. The Morgan fingerprint density at radius 3 is 2.64 bits per heavy atom.